The fourth-order valence-electron chi connectivity index (χ4n) is 2.74. The molecule has 2 aromatic rings. The van der Waals surface area contributed by atoms with E-state index in [4.69, 9.17) is 11.6 Å². The molecule has 0 saturated heterocycles. The van der Waals surface area contributed by atoms with E-state index in [1.54, 1.807) is 6.07 Å². The maximum atomic E-state index is 13.8. The van der Waals surface area contributed by atoms with Crippen LogP contribution < -0.4 is 5.32 Å². The number of hydrogen-bond acceptors (Lipinski definition) is 3. The number of halogens is 2. The van der Waals surface area contributed by atoms with Crippen LogP contribution in [0.3, 0.4) is 0 Å². The standard InChI is InChI=1S/C16H13ClFNO3/c17-8-5-12-10(13(18)6-8)3-4-14(12)19-16(22)11-2-1-9(20)7-15(11)21/h1-2,5-7,14,20-21H,3-4H2,(H,19,22)/t14-/m1/s1. The summed E-state index contributed by atoms with van der Waals surface area (Å²) in [6.45, 7) is 0. The van der Waals surface area contributed by atoms with Gasteiger partial charge in [-0.15, -0.1) is 0 Å². The molecule has 0 bridgehead atoms. The lowest BCUT2D eigenvalue weighted by atomic mass is 10.1. The molecule has 3 rings (SSSR count). The van der Waals surface area contributed by atoms with Gasteiger partial charge in [0.1, 0.15) is 17.3 Å². The Labute approximate surface area is 131 Å². The van der Waals surface area contributed by atoms with E-state index in [0.29, 0.717) is 24.0 Å². The molecule has 6 heteroatoms. The second-order valence-corrected chi connectivity index (χ2v) is 5.66. The summed E-state index contributed by atoms with van der Waals surface area (Å²) in [6, 6.07) is 6.28. The summed E-state index contributed by atoms with van der Waals surface area (Å²) >= 11 is 5.87. The van der Waals surface area contributed by atoms with Crippen LogP contribution in [0, 0.1) is 5.82 Å². The smallest absolute Gasteiger partial charge is 0.255 e. The van der Waals surface area contributed by atoms with Crippen molar-refractivity contribution in [3.63, 3.8) is 0 Å². The summed E-state index contributed by atoms with van der Waals surface area (Å²) in [4.78, 5) is 12.2. The van der Waals surface area contributed by atoms with Crippen LogP contribution >= 0.6 is 11.6 Å². The van der Waals surface area contributed by atoms with E-state index in [2.05, 4.69) is 5.32 Å². The Balaban J connectivity index is 1.85. The molecule has 0 fully saturated rings. The quantitative estimate of drug-likeness (QED) is 0.795. The fourth-order valence-corrected chi connectivity index (χ4v) is 2.95. The van der Waals surface area contributed by atoms with Gasteiger partial charge in [-0.1, -0.05) is 11.6 Å². The van der Waals surface area contributed by atoms with Crippen molar-refractivity contribution < 1.29 is 19.4 Å². The largest absolute Gasteiger partial charge is 0.508 e. The van der Waals surface area contributed by atoms with Crippen molar-refractivity contribution in [2.24, 2.45) is 0 Å². The van der Waals surface area contributed by atoms with Gasteiger partial charge in [0.05, 0.1) is 11.6 Å². The first-order chi connectivity index (χ1) is 10.5. The number of aromatic hydroxyl groups is 2. The topological polar surface area (TPSA) is 69.6 Å². The summed E-state index contributed by atoms with van der Waals surface area (Å²) in [5, 5.41) is 22.0. The third-order valence-electron chi connectivity index (χ3n) is 3.78. The van der Waals surface area contributed by atoms with Gasteiger partial charge in [0.15, 0.2) is 0 Å². The van der Waals surface area contributed by atoms with Gasteiger partial charge in [-0.05, 0) is 48.2 Å². The van der Waals surface area contributed by atoms with Crippen molar-refractivity contribution in [2.75, 3.05) is 0 Å². The monoisotopic (exact) mass is 321 g/mol. The Kier molecular flexibility index (Phi) is 3.66. The first kappa shape index (κ1) is 14.7. The highest BCUT2D eigenvalue weighted by Crippen LogP contribution is 2.35. The number of benzene rings is 2. The first-order valence-corrected chi connectivity index (χ1v) is 7.14. The SMILES string of the molecule is O=C(N[C@@H]1CCc2c(F)cc(Cl)cc21)c1ccc(O)cc1O. The molecule has 1 amide bonds. The van der Waals surface area contributed by atoms with Gasteiger partial charge in [-0.3, -0.25) is 4.79 Å². The average Bonchev–Trinajstić information content (AvgIpc) is 2.82. The molecule has 3 N–H and O–H groups in total. The second-order valence-electron chi connectivity index (χ2n) is 5.22. The summed E-state index contributed by atoms with van der Waals surface area (Å²) in [5.74, 6) is -1.30. The van der Waals surface area contributed by atoms with Crippen LogP contribution in [0.2, 0.25) is 5.02 Å². The minimum Gasteiger partial charge on any atom is -0.508 e. The molecule has 114 valence electrons. The molecule has 1 atom stereocenters. The summed E-state index contributed by atoms with van der Waals surface area (Å²) in [5.41, 5.74) is 1.27. The predicted octanol–water partition coefficient (Wildman–Crippen LogP) is 3.31. The minimum absolute atomic E-state index is 0.0498. The first-order valence-electron chi connectivity index (χ1n) is 6.76. The maximum Gasteiger partial charge on any atom is 0.255 e. The fraction of sp³-hybridized carbons (Fsp3) is 0.188. The van der Waals surface area contributed by atoms with Gasteiger partial charge in [-0.25, -0.2) is 4.39 Å². The summed E-state index contributed by atoms with van der Waals surface area (Å²) < 4.78 is 13.8. The molecular weight excluding hydrogens is 309 g/mol. The molecule has 1 aliphatic rings. The number of amides is 1. The third-order valence-corrected chi connectivity index (χ3v) is 4.00. The number of phenolic OH excluding ortho intramolecular Hbond substituents is 2. The van der Waals surface area contributed by atoms with Crippen molar-refractivity contribution >= 4 is 17.5 Å². The maximum absolute atomic E-state index is 13.8. The van der Waals surface area contributed by atoms with Gasteiger partial charge in [0.2, 0.25) is 0 Å². The zero-order chi connectivity index (χ0) is 15.9. The molecule has 0 spiro atoms. The van der Waals surface area contributed by atoms with Crippen molar-refractivity contribution in [1.29, 1.82) is 0 Å². The highest BCUT2D eigenvalue weighted by molar-refractivity contribution is 6.30. The molecule has 0 aromatic heterocycles. The van der Waals surface area contributed by atoms with Crippen molar-refractivity contribution in [1.82, 2.24) is 5.32 Å². The van der Waals surface area contributed by atoms with E-state index in [1.165, 1.54) is 18.2 Å². The Bertz CT molecular complexity index is 763. The lowest BCUT2D eigenvalue weighted by molar-refractivity contribution is 0.0934. The number of carbonyl (C=O) groups is 1. The number of fused-ring (bicyclic) bond motifs is 1. The minimum atomic E-state index is -0.490. The molecule has 2 aromatic carbocycles. The van der Waals surface area contributed by atoms with Crippen LogP contribution in [0.4, 0.5) is 4.39 Å². The van der Waals surface area contributed by atoms with E-state index in [1.807, 2.05) is 0 Å². The molecule has 1 aliphatic carbocycles. The molecular formula is C16H13ClFNO3. The summed E-state index contributed by atoms with van der Waals surface area (Å²) in [6.07, 6.45) is 1.09. The summed E-state index contributed by atoms with van der Waals surface area (Å²) in [7, 11) is 0. The van der Waals surface area contributed by atoms with E-state index in [9.17, 15) is 19.4 Å². The lowest BCUT2D eigenvalue weighted by Gasteiger charge is -2.15. The van der Waals surface area contributed by atoms with E-state index < -0.39 is 5.91 Å². The molecule has 0 aliphatic heterocycles. The highest BCUT2D eigenvalue weighted by atomic mass is 35.5. The van der Waals surface area contributed by atoms with Crippen molar-refractivity contribution in [2.45, 2.75) is 18.9 Å². The molecule has 4 nitrogen and oxygen atoms in total. The Morgan fingerprint density at radius 3 is 2.77 bits per heavy atom. The second kappa shape index (κ2) is 5.50. The van der Waals surface area contributed by atoms with Crippen LogP contribution in [0.25, 0.3) is 0 Å². The van der Waals surface area contributed by atoms with E-state index in [0.717, 1.165) is 6.07 Å². The zero-order valence-corrected chi connectivity index (χ0v) is 12.2. The van der Waals surface area contributed by atoms with Gasteiger partial charge in [0.25, 0.3) is 5.91 Å². The van der Waals surface area contributed by atoms with Crippen LogP contribution in [0.15, 0.2) is 30.3 Å². The number of carbonyl (C=O) groups excluding carboxylic acids is 1. The van der Waals surface area contributed by atoms with Gasteiger partial charge in [-0.2, -0.15) is 0 Å². The Morgan fingerprint density at radius 2 is 2.05 bits per heavy atom. The van der Waals surface area contributed by atoms with Crippen LogP contribution in [0.1, 0.15) is 33.9 Å². The van der Waals surface area contributed by atoms with Crippen LogP contribution in [0.5, 0.6) is 11.5 Å². The van der Waals surface area contributed by atoms with Crippen molar-refractivity contribution in [3.05, 3.63) is 57.9 Å². The van der Waals surface area contributed by atoms with Crippen LogP contribution in [-0.2, 0) is 6.42 Å². The highest BCUT2D eigenvalue weighted by Gasteiger charge is 2.28. The van der Waals surface area contributed by atoms with Gasteiger partial charge >= 0.3 is 0 Å². The number of rotatable bonds is 2. The van der Waals surface area contributed by atoms with Gasteiger partial charge < -0.3 is 15.5 Å². The number of nitrogens with one attached hydrogen (secondary N) is 1. The zero-order valence-electron chi connectivity index (χ0n) is 11.4. The normalized spacial score (nSPS) is 16.4. The lowest BCUT2D eigenvalue weighted by Crippen LogP contribution is -2.27. The van der Waals surface area contributed by atoms with Gasteiger partial charge in [0, 0.05) is 11.1 Å². The average molecular weight is 322 g/mol. The van der Waals surface area contributed by atoms with E-state index >= 15 is 0 Å². The Morgan fingerprint density at radius 1 is 1.27 bits per heavy atom. The number of phenols is 2. The predicted molar refractivity (Wildman–Crippen MR) is 79.7 cm³/mol. The molecule has 0 saturated carbocycles. The molecule has 0 heterocycles. The Hall–Kier alpha value is -2.27. The molecule has 22 heavy (non-hydrogen) atoms. The van der Waals surface area contributed by atoms with Crippen LogP contribution in [-0.4, -0.2) is 16.1 Å². The third kappa shape index (κ3) is 2.60. The molecule has 0 radical (unpaired) electrons. The molecule has 0 unspecified atom stereocenters. The number of hydrogen-bond donors (Lipinski definition) is 3. The van der Waals surface area contributed by atoms with E-state index in [-0.39, 0.29) is 33.9 Å². The van der Waals surface area contributed by atoms with Crippen molar-refractivity contribution in [3.8, 4) is 11.5 Å².